The number of nitrogens with two attached hydrogens (primary N) is 1. The van der Waals surface area contributed by atoms with Gasteiger partial charge in [-0.3, -0.25) is 0 Å². The van der Waals surface area contributed by atoms with Crippen molar-refractivity contribution in [3.05, 3.63) is 45.6 Å². The molecule has 1 saturated carbocycles. The number of carbonyl (C=O) groups is 1. The minimum absolute atomic E-state index is 0.0586. The summed E-state index contributed by atoms with van der Waals surface area (Å²) in [7, 11) is 4.11. The van der Waals surface area contributed by atoms with E-state index in [9.17, 15) is 4.79 Å². The van der Waals surface area contributed by atoms with Gasteiger partial charge in [0.15, 0.2) is 0 Å². The van der Waals surface area contributed by atoms with Gasteiger partial charge in [0, 0.05) is 36.2 Å². The lowest BCUT2D eigenvalue weighted by Gasteiger charge is -2.39. The number of rotatable bonds is 6. The Morgan fingerprint density at radius 3 is 2.39 bits per heavy atom. The van der Waals surface area contributed by atoms with Crippen molar-refractivity contribution in [3.8, 4) is 0 Å². The van der Waals surface area contributed by atoms with Crippen LogP contribution in [0.2, 0.25) is 0 Å². The number of carbonyl (C=O) groups excluding carboxylic acids is 1. The van der Waals surface area contributed by atoms with Crippen molar-refractivity contribution in [2.45, 2.75) is 76.4 Å². The number of nitrogens with one attached hydrogen (secondary N) is 1. The average molecular weight is 516 g/mol. The summed E-state index contributed by atoms with van der Waals surface area (Å²) in [6, 6.07) is 8.14. The van der Waals surface area contributed by atoms with Gasteiger partial charge in [0.1, 0.15) is 5.82 Å². The van der Waals surface area contributed by atoms with Crippen molar-refractivity contribution >= 4 is 33.7 Å². The summed E-state index contributed by atoms with van der Waals surface area (Å²) in [6.07, 6.45) is 8.23. The van der Waals surface area contributed by atoms with Gasteiger partial charge in [-0.15, -0.1) is 0 Å². The molecule has 1 aromatic carbocycles. The summed E-state index contributed by atoms with van der Waals surface area (Å²) >= 11 is 3.48. The molecule has 2 aliphatic rings. The summed E-state index contributed by atoms with van der Waals surface area (Å²) in [6.45, 7) is 2.06. The van der Waals surface area contributed by atoms with Gasteiger partial charge in [0.25, 0.3) is 0 Å². The van der Waals surface area contributed by atoms with Crippen LogP contribution in [0.1, 0.15) is 68.3 Å². The molecule has 8 heteroatoms. The van der Waals surface area contributed by atoms with Gasteiger partial charge in [-0.1, -0.05) is 28.1 Å². The molecular formula is C25H35BrN6O. The molecule has 7 nitrogen and oxygen atoms in total. The van der Waals surface area contributed by atoms with Crippen molar-refractivity contribution < 1.29 is 4.79 Å². The maximum Gasteiger partial charge on any atom is 0.315 e. The highest BCUT2D eigenvalue weighted by Gasteiger charge is 2.32. The Labute approximate surface area is 205 Å². The minimum atomic E-state index is -0.351. The van der Waals surface area contributed by atoms with Crippen LogP contribution in [0.15, 0.2) is 28.7 Å². The van der Waals surface area contributed by atoms with E-state index in [4.69, 9.17) is 15.7 Å². The zero-order chi connectivity index (χ0) is 23.5. The van der Waals surface area contributed by atoms with E-state index in [-0.39, 0.29) is 18.1 Å². The lowest BCUT2D eigenvalue weighted by molar-refractivity contribution is 0.133. The molecule has 4 rings (SSSR count). The largest absolute Gasteiger partial charge is 0.362 e. The lowest BCUT2D eigenvalue weighted by Crippen LogP contribution is -2.47. The third kappa shape index (κ3) is 5.42. The summed E-state index contributed by atoms with van der Waals surface area (Å²) in [4.78, 5) is 26.1. The van der Waals surface area contributed by atoms with Crippen LogP contribution in [0.3, 0.4) is 0 Å². The molecule has 0 radical (unpaired) electrons. The number of anilines is 2. The van der Waals surface area contributed by atoms with Crippen LogP contribution in [-0.4, -0.2) is 47.1 Å². The Kier molecular flexibility index (Phi) is 7.41. The van der Waals surface area contributed by atoms with Crippen LogP contribution in [-0.2, 0) is 12.8 Å². The quantitative estimate of drug-likeness (QED) is 0.563. The van der Waals surface area contributed by atoms with Crippen LogP contribution in [0.25, 0.3) is 0 Å². The number of primary amides is 1. The zero-order valence-electron chi connectivity index (χ0n) is 19.9. The third-order valence-electron chi connectivity index (χ3n) is 7.03. The molecule has 1 atom stereocenters. The second-order valence-corrected chi connectivity index (χ2v) is 10.4. The average Bonchev–Trinajstić information content (AvgIpc) is 2.80. The molecule has 0 aliphatic heterocycles. The molecular weight excluding hydrogens is 480 g/mol. The molecule has 2 aromatic rings. The molecule has 3 N–H and O–H groups in total. The first kappa shape index (κ1) is 23.8. The number of hydrogen-bond acceptors (Lipinski definition) is 5. The Balaban J connectivity index is 1.42. The maximum atomic E-state index is 12.4. The molecule has 2 amide bonds. The highest BCUT2D eigenvalue weighted by molar-refractivity contribution is 9.10. The Morgan fingerprint density at radius 1 is 1.09 bits per heavy atom. The Hall–Kier alpha value is -2.35. The molecule has 1 heterocycles. The van der Waals surface area contributed by atoms with E-state index in [2.05, 4.69) is 47.2 Å². The number of hydrogen-bond donors (Lipinski definition) is 2. The van der Waals surface area contributed by atoms with Crippen LogP contribution in [0.5, 0.6) is 0 Å². The molecule has 0 bridgehead atoms. The van der Waals surface area contributed by atoms with Gasteiger partial charge in [-0.2, -0.15) is 4.98 Å². The molecule has 2 aliphatic carbocycles. The van der Waals surface area contributed by atoms with E-state index in [0.717, 1.165) is 60.3 Å². The molecule has 1 unspecified atom stereocenters. The molecule has 178 valence electrons. The molecule has 1 fully saturated rings. The molecule has 33 heavy (non-hydrogen) atoms. The molecule has 0 saturated heterocycles. The third-order valence-corrected chi connectivity index (χ3v) is 7.56. The highest BCUT2D eigenvalue weighted by Crippen LogP contribution is 2.33. The zero-order valence-corrected chi connectivity index (χ0v) is 21.4. The van der Waals surface area contributed by atoms with Crippen molar-refractivity contribution in [2.24, 2.45) is 5.73 Å². The van der Waals surface area contributed by atoms with Gasteiger partial charge in [-0.25, -0.2) is 9.78 Å². The summed E-state index contributed by atoms with van der Waals surface area (Å²) in [5.41, 5.74) is 9.43. The number of aromatic nitrogens is 2. The summed E-state index contributed by atoms with van der Waals surface area (Å²) < 4.78 is 1.03. The highest BCUT2D eigenvalue weighted by atomic mass is 79.9. The van der Waals surface area contributed by atoms with Crippen LogP contribution in [0.4, 0.5) is 16.6 Å². The van der Waals surface area contributed by atoms with Crippen molar-refractivity contribution in [1.29, 1.82) is 0 Å². The monoisotopic (exact) mass is 514 g/mol. The predicted molar refractivity (Wildman–Crippen MR) is 137 cm³/mol. The second-order valence-electron chi connectivity index (χ2n) is 9.52. The van der Waals surface area contributed by atoms with Crippen molar-refractivity contribution in [1.82, 2.24) is 14.9 Å². The second kappa shape index (κ2) is 10.3. The first-order valence-corrected chi connectivity index (χ1v) is 12.8. The molecule has 0 spiro atoms. The van der Waals surface area contributed by atoms with Gasteiger partial charge in [0.2, 0.25) is 5.95 Å². The number of nitrogens with zero attached hydrogens (tertiary/aromatic N) is 4. The smallest absolute Gasteiger partial charge is 0.315 e. The fourth-order valence-corrected chi connectivity index (χ4v) is 5.54. The SMILES string of the molecule is CC(c1ccc(Br)cc1)N(C(N)=O)C1CCC(Nc2nc3c(c(N(C)C)n2)CCCC3)CC1. The summed E-state index contributed by atoms with van der Waals surface area (Å²) in [5, 5.41) is 3.59. The maximum absolute atomic E-state index is 12.4. The van der Waals surface area contributed by atoms with Gasteiger partial charge >= 0.3 is 6.03 Å². The van der Waals surface area contributed by atoms with Gasteiger partial charge < -0.3 is 20.9 Å². The van der Waals surface area contributed by atoms with Crippen LogP contribution >= 0.6 is 15.9 Å². The minimum Gasteiger partial charge on any atom is -0.362 e. The van der Waals surface area contributed by atoms with Gasteiger partial charge in [-0.05, 0) is 76.0 Å². The first-order valence-electron chi connectivity index (χ1n) is 12.0. The van der Waals surface area contributed by atoms with Crippen molar-refractivity contribution in [2.75, 3.05) is 24.3 Å². The van der Waals surface area contributed by atoms with E-state index >= 15 is 0 Å². The van der Waals surface area contributed by atoms with Crippen LogP contribution < -0.4 is 16.0 Å². The molecule has 1 aromatic heterocycles. The number of amides is 2. The Bertz CT molecular complexity index is 972. The number of aryl methyl sites for hydroxylation is 1. The summed E-state index contributed by atoms with van der Waals surface area (Å²) in [5.74, 6) is 1.77. The fourth-order valence-electron chi connectivity index (χ4n) is 5.28. The van der Waals surface area contributed by atoms with Crippen LogP contribution in [0, 0.1) is 0 Å². The predicted octanol–water partition coefficient (Wildman–Crippen LogP) is 5.05. The van der Waals surface area contributed by atoms with Gasteiger partial charge in [0.05, 0.1) is 11.7 Å². The van der Waals surface area contributed by atoms with E-state index in [1.165, 1.54) is 24.1 Å². The Morgan fingerprint density at radius 2 is 1.76 bits per heavy atom. The number of fused-ring (bicyclic) bond motifs is 1. The van der Waals surface area contributed by atoms with E-state index < -0.39 is 0 Å². The lowest BCUT2D eigenvalue weighted by atomic mass is 9.89. The normalized spacial score (nSPS) is 21.1. The fraction of sp³-hybridized carbons (Fsp3) is 0.560. The standard InChI is InChI=1S/C25H35BrN6O/c1-16(17-8-10-18(26)11-9-17)32(24(27)33)20-14-12-19(13-15-20)28-25-29-22-7-5-4-6-21(22)23(30-25)31(2)3/h8-11,16,19-20H,4-7,12-15H2,1-3H3,(H2,27,33)(H,28,29,30). The number of benzene rings is 1. The van der Waals surface area contributed by atoms with E-state index in [0.29, 0.717) is 6.04 Å². The number of urea groups is 1. The first-order chi connectivity index (χ1) is 15.8. The van der Waals surface area contributed by atoms with E-state index in [1.807, 2.05) is 29.2 Å². The van der Waals surface area contributed by atoms with Crippen molar-refractivity contribution in [3.63, 3.8) is 0 Å². The topological polar surface area (TPSA) is 87.4 Å². The van der Waals surface area contributed by atoms with E-state index in [1.54, 1.807) is 0 Å². The number of halogens is 1.